The average molecular weight is 289 g/mol. The van der Waals surface area contributed by atoms with Gasteiger partial charge in [-0.1, -0.05) is 6.42 Å². The molecular weight excluding hydrogens is 270 g/mol. The fourth-order valence-electron chi connectivity index (χ4n) is 3.58. The highest BCUT2D eigenvalue weighted by molar-refractivity contribution is 5.93. The van der Waals surface area contributed by atoms with Crippen molar-refractivity contribution in [2.75, 3.05) is 11.9 Å². The first-order valence-electron chi connectivity index (χ1n) is 7.37. The second-order valence-electron chi connectivity index (χ2n) is 5.98. The van der Waals surface area contributed by atoms with Gasteiger partial charge in [0.1, 0.15) is 5.75 Å². The van der Waals surface area contributed by atoms with Crippen molar-refractivity contribution < 1.29 is 19.4 Å². The van der Waals surface area contributed by atoms with E-state index in [1.807, 2.05) is 0 Å². The number of fused-ring (bicyclic) bond motifs is 2. The van der Waals surface area contributed by atoms with E-state index in [0.29, 0.717) is 11.7 Å². The van der Waals surface area contributed by atoms with Crippen LogP contribution in [-0.4, -0.2) is 23.6 Å². The molecule has 3 unspecified atom stereocenters. The molecule has 2 saturated carbocycles. The number of anilines is 1. The van der Waals surface area contributed by atoms with Crippen LogP contribution in [0.3, 0.4) is 0 Å². The van der Waals surface area contributed by atoms with Gasteiger partial charge >= 0.3 is 5.97 Å². The van der Waals surface area contributed by atoms with Gasteiger partial charge in [-0.25, -0.2) is 4.79 Å². The summed E-state index contributed by atoms with van der Waals surface area (Å²) in [5.41, 5.74) is 0.727. The molecule has 1 amide bonds. The van der Waals surface area contributed by atoms with Crippen LogP contribution in [0.2, 0.25) is 0 Å². The Hall–Kier alpha value is -2.04. The molecule has 3 rings (SSSR count). The first-order valence-corrected chi connectivity index (χ1v) is 7.37. The molecule has 21 heavy (non-hydrogen) atoms. The highest BCUT2D eigenvalue weighted by Gasteiger charge is 2.42. The second kappa shape index (κ2) is 5.76. The van der Waals surface area contributed by atoms with E-state index in [0.717, 1.165) is 18.0 Å². The molecule has 2 fully saturated rings. The average Bonchev–Trinajstić information content (AvgIpc) is 3.09. The van der Waals surface area contributed by atoms with E-state index in [1.165, 1.54) is 19.3 Å². The molecule has 5 nitrogen and oxygen atoms in total. The molecule has 0 heterocycles. The molecule has 2 aliphatic carbocycles. The zero-order valence-electron chi connectivity index (χ0n) is 11.7. The van der Waals surface area contributed by atoms with Crippen LogP contribution < -0.4 is 10.1 Å². The Bertz CT molecular complexity index is 540. The van der Waals surface area contributed by atoms with Gasteiger partial charge in [-0.2, -0.15) is 0 Å². The van der Waals surface area contributed by atoms with Gasteiger partial charge in [-0.05, 0) is 55.4 Å². The standard InChI is InChI=1S/C16H19NO4/c18-15(19)9-21-13-5-3-12(4-6-13)17-16(20)14-8-10-1-2-11(14)7-10/h3-6,10-11,14H,1-2,7-9H2,(H,17,20)(H,18,19). The minimum Gasteiger partial charge on any atom is -0.482 e. The van der Waals surface area contributed by atoms with E-state index in [-0.39, 0.29) is 18.4 Å². The van der Waals surface area contributed by atoms with Crippen molar-refractivity contribution in [1.29, 1.82) is 0 Å². The van der Waals surface area contributed by atoms with Gasteiger partial charge in [0.25, 0.3) is 0 Å². The highest BCUT2D eigenvalue weighted by atomic mass is 16.5. The number of benzene rings is 1. The largest absolute Gasteiger partial charge is 0.482 e. The molecule has 3 atom stereocenters. The summed E-state index contributed by atoms with van der Waals surface area (Å²) in [5, 5.41) is 11.5. The van der Waals surface area contributed by atoms with E-state index in [9.17, 15) is 9.59 Å². The predicted molar refractivity (Wildman–Crippen MR) is 77.1 cm³/mol. The number of nitrogens with one attached hydrogen (secondary N) is 1. The molecule has 0 radical (unpaired) electrons. The normalized spacial score (nSPS) is 26.6. The van der Waals surface area contributed by atoms with Gasteiger partial charge in [0, 0.05) is 11.6 Å². The van der Waals surface area contributed by atoms with Crippen molar-refractivity contribution in [2.24, 2.45) is 17.8 Å². The third-order valence-corrected chi connectivity index (χ3v) is 4.56. The first kappa shape index (κ1) is 13.9. The number of carbonyl (C=O) groups is 2. The first-order chi connectivity index (χ1) is 10.1. The van der Waals surface area contributed by atoms with Crippen LogP contribution in [0.1, 0.15) is 25.7 Å². The van der Waals surface area contributed by atoms with Crippen molar-refractivity contribution in [2.45, 2.75) is 25.7 Å². The smallest absolute Gasteiger partial charge is 0.341 e. The fraction of sp³-hybridized carbons (Fsp3) is 0.500. The summed E-state index contributed by atoms with van der Waals surface area (Å²) in [7, 11) is 0. The lowest BCUT2D eigenvalue weighted by atomic mass is 9.88. The predicted octanol–water partition coefficient (Wildman–Crippen LogP) is 2.52. The molecule has 0 saturated heterocycles. The number of rotatable bonds is 5. The molecule has 0 aliphatic heterocycles. The summed E-state index contributed by atoms with van der Waals surface area (Å²) in [5.74, 6) is 1.05. The van der Waals surface area contributed by atoms with Crippen LogP contribution in [0.4, 0.5) is 5.69 Å². The van der Waals surface area contributed by atoms with Gasteiger partial charge in [0.2, 0.25) is 5.91 Å². The monoisotopic (exact) mass is 289 g/mol. The lowest BCUT2D eigenvalue weighted by molar-refractivity contribution is -0.139. The lowest BCUT2D eigenvalue weighted by Gasteiger charge is -2.20. The number of hydrogen-bond donors (Lipinski definition) is 2. The van der Waals surface area contributed by atoms with E-state index in [1.54, 1.807) is 24.3 Å². The quantitative estimate of drug-likeness (QED) is 0.873. The fourth-order valence-corrected chi connectivity index (χ4v) is 3.58. The zero-order chi connectivity index (χ0) is 14.8. The summed E-state index contributed by atoms with van der Waals surface area (Å²) < 4.78 is 5.06. The molecule has 112 valence electrons. The van der Waals surface area contributed by atoms with Crippen LogP contribution in [0, 0.1) is 17.8 Å². The van der Waals surface area contributed by atoms with Crippen LogP contribution >= 0.6 is 0 Å². The zero-order valence-corrected chi connectivity index (χ0v) is 11.7. The number of aliphatic carboxylic acids is 1. The van der Waals surface area contributed by atoms with Crippen molar-refractivity contribution in [3.05, 3.63) is 24.3 Å². The van der Waals surface area contributed by atoms with Crippen molar-refractivity contribution >= 4 is 17.6 Å². The number of carbonyl (C=O) groups excluding carboxylic acids is 1. The van der Waals surface area contributed by atoms with Crippen LogP contribution in [0.5, 0.6) is 5.75 Å². The summed E-state index contributed by atoms with van der Waals surface area (Å²) >= 11 is 0. The van der Waals surface area contributed by atoms with Gasteiger partial charge in [0.05, 0.1) is 0 Å². The van der Waals surface area contributed by atoms with Gasteiger partial charge in [-0.15, -0.1) is 0 Å². The SMILES string of the molecule is O=C(O)COc1ccc(NC(=O)C2CC3CCC2C3)cc1. The molecule has 2 bridgehead atoms. The van der Waals surface area contributed by atoms with Crippen molar-refractivity contribution in [3.63, 3.8) is 0 Å². The van der Waals surface area contributed by atoms with Gasteiger partial charge in [0.15, 0.2) is 6.61 Å². The Morgan fingerprint density at radius 1 is 1.19 bits per heavy atom. The highest BCUT2D eigenvalue weighted by Crippen LogP contribution is 2.48. The van der Waals surface area contributed by atoms with Crippen molar-refractivity contribution in [3.8, 4) is 5.75 Å². The third-order valence-electron chi connectivity index (χ3n) is 4.56. The summed E-state index contributed by atoms with van der Waals surface area (Å²) in [4.78, 5) is 22.7. The second-order valence-corrected chi connectivity index (χ2v) is 5.98. The van der Waals surface area contributed by atoms with Gasteiger partial charge in [-0.3, -0.25) is 4.79 Å². The Kier molecular flexibility index (Phi) is 3.82. The van der Waals surface area contributed by atoms with E-state index < -0.39 is 5.97 Å². The Balaban J connectivity index is 1.55. The summed E-state index contributed by atoms with van der Waals surface area (Å²) in [6, 6.07) is 6.81. The Labute approximate surface area is 123 Å². The Morgan fingerprint density at radius 2 is 1.95 bits per heavy atom. The minimum atomic E-state index is -1.01. The number of hydrogen-bond acceptors (Lipinski definition) is 3. The van der Waals surface area contributed by atoms with Crippen LogP contribution in [0.25, 0.3) is 0 Å². The molecule has 0 spiro atoms. The van der Waals surface area contributed by atoms with E-state index in [2.05, 4.69) is 5.32 Å². The van der Waals surface area contributed by atoms with Crippen LogP contribution in [-0.2, 0) is 9.59 Å². The third kappa shape index (κ3) is 3.17. The van der Waals surface area contributed by atoms with Crippen molar-refractivity contribution in [1.82, 2.24) is 0 Å². The number of carboxylic acid groups (broad SMARTS) is 1. The maximum absolute atomic E-state index is 12.3. The minimum absolute atomic E-state index is 0.112. The summed E-state index contributed by atoms with van der Waals surface area (Å²) in [6.07, 6.45) is 4.70. The number of amides is 1. The number of ether oxygens (including phenoxy) is 1. The Morgan fingerprint density at radius 3 is 2.52 bits per heavy atom. The molecule has 1 aromatic rings. The lowest BCUT2D eigenvalue weighted by Crippen LogP contribution is -2.27. The topological polar surface area (TPSA) is 75.6 Å². The molecule has 1 aromatic carbocycles. The van der Waals surface area contributed by atoms with Gasteiger partial charge < -0.3 is 15.2 Å². The molecular formula is C16H19NO4. The molecule has 0 aromatic heterocycles. The van der Waals surface area contributed by atoms with Crippen LogP contribution in [0.15, 0.2) is 24.3 Å². The molecule has 2 N–H and O–H groups in total. The maximum Gasteiger partial charge on any atom is 0.341 e. The summed E-state index contributed by atoms with van der Waals surface area (Å²) in [6.45, 7) is -0.364. The molecule has 5 heteroatoms. The molecule has 2 aliphatic rings. The van der Waals surface area contributed by atoms with E-state index in [4.69, 9.17) is 9.84 Å². The number of carboxylic acids is 1. The maximum atomic E-state index is 12.3. The van der Waals surface area contributed by atoms with E-state index >= 15 is 0 Å².